The van der Waals surface area contributed by atoms with Gasteiger partial charge in [0, 0.05) is 30.8 Å². The van der Waals surface area contributed by atoms with E-state index >= 15 is 0 Å². The zero-order valence-electron chi connectivity index (χ0n) is 18.4. The van der Waals surface area contributed by atoms with Gasteiger partial charge in [-0.15, -0.1) is 0 Å². The Kier molecular flexibility index (Phi) is 5.58. The summed E-state index contributed by atoms with van der Waals surface area (Å²) in [7, 11) is 0. The molecule has 5 atom stereocenters. The third kappa shape index (κ3) is 3.90. The van der Waals surface area contributed by atoms with E-state index in [1.54, 1.807) is 31.0 Å². The molecule has 14 heteroatoms. The molecular weight excluding hydrogens is 458 g/mol. The van der Waals surface area contributed by atoms with Gasteiger partial charge >= 0.3 is 0 Å². The fraction of sp³-hybridized carbons (Fsp3) is 0.429. The normalized spacial score (nSPS) is 26.5. The quantitative estimate of drug-likeness (QED) is 0.272. The summed E-state index contributed by atoms with van der Waals surface area (Å²) < 4.78 is 14.2. The van der Waals surface area contributed by atoms with Crippen LogP contribution in [0.25, 0.3) is 28.4 Å². The van der Waals surface area contributed by atoms with E-state index in [9.17, 15) is 15.3 Å². The molecule has 4 aromatic heterocycles. The number of aromatic nitrogens is 8. The van der Waals surface area contributed by atoms with Gasteiger partial charge in [0.05, 0.1) is 43.7 Å². The Morgan fingerprint density at radius 2 is 2.03 bits per heavy atom. The minimum atomic E-state index is -1.28. The highest BCUT2D eigenvalue weighted by molar-refractivity contribution is 5.84. The van der Waals surface area contributed by atoms with Crippen LogP contribution in [0.5, 0.6) is 0 Å². The fourth-order valence-electron chi connectivity index (χ4n) is 4.26. The van der Waals surface area contributed by atoms with Gasteiger partial charge in [-0.2, -0.15) is 15.1 Å². The number of rotatable bonds is 6. The minimum absolute atomic E-state index is 0.0489. The van der Waals surface area contributed by atoms with Crippen molar-refractivity contribution in [3.63, 3.8) is 0 Å². The SMILES string of the molecule is OC[C@H]1O[C@@H](n2cnc3c(NC4CCOC4)nc(-n4cc(-c5cnccn5)cn4)nc32)[C@H](O)[C@@H]1O. The van der Waals surface area contributed by atoms with E-state index < -0.39 is 31.1 Å². The molecule has 6 rings (SSSR count). The Bertz CT molecular complexity index is 1320. The highest BCUT2D eigenvalue weighted by Crippen LogP contribution is 2.33. The summed E-state index contributed by atoms with van der Waals surface area (Å²) in [6.07, 6.45) is 6.02. The van der Waals surface area contributed by atoms with Crippen LogP contribution in [0.2, 0.25) is 0 Å². The largest absolute Gasteiger partial charge is 0.394 e. The van der Waals surface area contributed by atoms with Crippen LogP contribution in [0.1, 0.15) is 12.6 Å². The smallest absolute Gasteiger partial charge is 0.254 e. The Hall–Kier alpha value is -3.56. The van der Waals surface area contributed by atoms with Crippen LogP contribution in [-0.4, -0.2) is 98.8 Å². The van der Waals surface area contributed by atoms with Crippen molar-refractivity contribution < 1.29 is 24.8 Å². The Morgan fingerprint density at radius 3 is 2.77 bits per heavy atom. The lowest BCUT2D eigenvalue weighted by molar-refractivity contribution is -0.0511. The lowest BCUT2D eigenvalue weighted by Crippen LogP contribution is -2.33. The predicted molar refractivity (Wildman–Crippen MR) is 119 cm³/mol. The number of anilines is 1. The maximum absolute atomic E-state index is 10.6. The lowest BCUT2D eigenvalue weighted by Gasteiger charge is -2.17. The second-order valence-corrected chi connectivity index (χ2v) is 8.39. The number of imidazole rings is 1. The van der Waals surface area contributed by atoms with Crippen LogP contribution in [0, 0.1) is 0 Å². The molecule has 0 bridgehead atoms. The minimum Gasteiger partial charge on any atom is -0.394 e. The van der Waals surface area contributed by atoms with Gasteiger partial charge in [-0.05, 0) is 6.42 Å². The zero-order chi connectivity index (χ0) is 23.9. The summed E-state index contributed by atoms with van der Waals surface area (Å²) in [6, 6.07) is 0.0489. The van der Waals surface area contributed by atoms with Crippen molar-refractivity contribution in [3.8, 4) is 17.2 Å². The molecule has 0 aliphatic carbocycles. The van der Waals surface area contributed by atoms with Crippen LogP contribution in [-0.2, 0) is 9.47 Å². The zero-order valence-corrected chi connectivity index (χ0v) is 18.4. The molecule has 6 heterocycles. The molecule has 0 aromatic carbocycles. The number of hydrogen-bond acceptors (Lipinski definition) is 12. The number of nitrogens with zero attached hydrogens (tertiary/aromatic N) is 8. The van der Waals surface area contributed by atoms with Gasteiger partial charge in [-0.1, -0.05) is 0 Å². The van der Waals surface area contributed by atoms with E-state index in [4.69, 9.17) is 9.47 Å². The Morgan fingerprint density at radius 1 is 1.11 bits per heavy atom. The molecule has 1 unspecified atom stereocenters. The predicted octanol–water partition coefficient (Wildman–Crippen LogP) is -0.719. The third-order valence-electron chi connectivity index (χ3n) is 6.12. The van der Waals surface area contributed by atoms with E-state index in [1.807, 2.05) is 0 Å². The van der Waals surface area contributed by atoms with Crippen LogP contribution >= 0.6 is 0 Å². The molecule has 4 aromatic rings. The highest BCUT2D eigenvalue weighted by Gasteiger charge is 2.44. The van der Waals surface area contributed by atoms with E-state index in [2.05, 4.69) is 35.3 Å². The van der Waals surface area contributed by atoms with E-state index in [0.717, 1.165) is 12.0 Å². The summed E-state index contributed by atoms with van der Waals surface area (Å²) in [6.45, 7) is 0.750. The standard InChI is InChI=1S/C21H23N9O5/c31-8-14-16(32)17(33)20(35-14)29-10-24-15-18(26-12-1-4-34-9-12)27-21(28-19(15)29)30-7-11(5-25-30)13-6-22-2-3-23-13/h2-3,5-7,10,12,14,16-17,20,31-33H,1,4,8-9H2,(H,26,27,28)/t12?,14-,16-,17-,20-/m1/s1. The van der Waals surface area contributed by atoms with Crippen molar-refractivity contribution in [2.75, 3.05) is 25.1 Å². The number of nitrogens with one attached hydrogen (secondary N) is 1. The average molecular weight is 481 g/mol. The molecule has 2 aliphatic rings. The van der Waals surface area contributed by atoms with Crippen LogP contribution in [0.15, 0.2) is 37.3 Å². The maximum Gasteiger partial charge on any atom is 0.254 e. The van der Waals surface area contributed by atoms with E-state index in [-0.39, 0.29) is 12.0 Å². The van der Waals surface area contributed by atoms with Gasteiger partial charge in [-0.3, -0.25) is 14.5 Å². The van der Waals surface area contributed by atoms with Crippen molar-refractivity contribution in [1.29, 1.82) is 0 Å². The summed E-state index contributed by atoms with van der Waals surface area (Å²) in [5.74, 6) is 0.727. The molecule has 0 radical (unpaired) electrons. The average Bonchev–Trinajstić information content (AvgIpc) is 3.68. The number of ether oxygens (including phenoxy) is 2. The summed E-state index contributed by atoms with van der Waals surface area (Å²) in [5.41, 5.74) is 2.21. The maximum atomic E-state index is 10.6. The molecule has 14 nitrogen and oxygen atoms in total. The van der Waals surface area contributed by atoms with Crippen molar-refractivity contribution >= 4 is 17.0 Å². The first-order valence-electron chi connectivity index (χ1n) is 11.1. The molecule has 0 saturated carbocycles. The molecule has 4 N–H and O–H groups in total. The molecule has 0 amide bonds. The Balaban J connectivity index is 1.44. The van der Waals surface area contributed by atoms with Crippen molar-refractivity contribution in [2.24, 2.45) is 0 Å². The Labute approximate surface area is 198 Å². The van der Waals surface area contributed by atoms with E-state index in [0.29, 0.717) is 35.9 Å². The van der Waals surface area contributed by atoms with Gasteiger partial charge in [0.25, 0.3) is 5.95 Å². The van der Waals surface area contributed by atoms with Crippen molar-refractivity contribution in [1.82, 2.24) is 39.3 Å². The first-order chi connectivity index (χ1) is 17.1. The topological polar surface area (TPSA) is 178 Å². The van der Waals surface area contributed by atoms with Gasteiger partial charge in [-0.25, -0.2) is 9.67 Å². The summed E-state index contributed by atoms with van der Waals surface area (Å²) >= 11 is 0. The number of fused-ring (bicyclic) bond motifs is 1. The number of aliphatic hydroxyl groups is 3. The molecule has 35 heavy (non-hydrogen) atoms. The second kappa shape index (κ2) is 8.90. The number of aliphatic hydroxyl groups excluding tert-OH is 3. The summed E-state index contributed by atoms with van der Waals surface area (Å²) in [4.78, 5) is 22.2. The van der Waals surface area contributed by atoms with Gasteiger partial charge in [0.2, 0.25) is 0 Å². The van der Waals surface area contributed by atoms with E-state index in [1.165, 1.54) is 15.6 Å². The molecule has 0 spiro atoms. The molecular formula is C21H23N9O5. The van der Waals surface area contributed by atoms with Gasteiger partial charge in [0.1, 0.15) is 18.3 Å². The highest BCUT2D eigenvalue weighted by atomic mass is 16.6. The molecule has 2 saturated heterocycles. The molecule has 2 fully saturated rings. The van der Waals surface area contributed by atoms with Crippen molar-refractivity contribution in [3.05, 3.63) is 37.3 Å². The second-order valence-electron chi connectivity index (χ2n) is 8.39. The molecule has 182 valence electrons. The van der Waals surface area contributed by atoms with Crippen LogP contribution < -0.4 is 5.32 Å². The first-order valence-corrected chi connectivity index (χ1v) is 11.1. The number of hydrogen-bond donors (Lipinski definition) is 4. The van der Waals surface area contributed by atoms with Gasteiger partial charge < -0.3 is 30.1 Å². The first kappa shape index (κ1) is 21.9. The third-order valence-corrected chi connectivity index (χ3v) is 6.12. The van der Waals surface area contributed by atoms with Crippen LogP contribution in [0.4, 0.5) is 5.82 Å². The summed E-state index contributed by atoms with van der Waals surface area (Å²) in [5, 5.41) is 38.0. The lowest BCUT2D eigenvalue weighted by atomic mass is 10.1. The van der Waals surface area contributed by atoms with Crippen molar-refractivity contribution in [2.45, 2.75) is 37.0 Å². The van der Waals surface area contributed by atoms with Crippen LogP contribution in [0.3, 0.4) is 0 Å². The van der Waals surface area contributed by atoms with Gasteiger partial charge in [0.15, 0.2) is 23.2 Å². The monoisotopic (exact) mass is 481 g/mol. The molecule has 2 aliphatic heterocycles. The fourth-order valence-corrected chi connectivity index (χ4v) is 4.26.